The van der Waals surface area contributed by atoms with Crippen LogP contribution in [-0.4, -0.2) is 47.6 Å². The van der Waals surface area contributed by atoms with E-state index in [4.69, 9.17) is 0 Å². The average Bonchev–Trinajstić information content (AvgIpc) is 3.57. The van der Waals surface area contributed by atoms with E-state index in [2.05, 4.69) is 16.0 Å². The minimum atomic E-state index is -1.32. The first-order chi connectivity index (χ1) is 13.0. The van der Waals surface area contributed by atoms with Crippen molar-refractivity contribution in [2.24, 2.45) is 17.3 Å². The predicted molar refractivity (Wildman–Crippen MR) is 98.5 cm³/mol. The van der Waals surface area contributed by atoms with Crippen LogP contribution in [0.5, 0.6) is 0 Å². The summed E-state index contributed by atoms with van der Waals surface area (Å²) < 4.78 is 0. The van der Waals surface area contributed by atoms with Gasteiger partial charge in [-0.25, -0.2) is 0 Å². The van der Waals surface area contributed by atoms with Gasteiger partial charge in [0.25, 0.3) is 5.91 Å². The molecule has 4 fully saturated rings. The van der Waals surface area contributed by atoms with E-state index in [1.54, 1.807) is 0 Å². The maximum Gasteiger partial charge on any atom is 0.251 e. The molecule has 0 aromatic heterocycles. The molecule has 0 radical (unpaired) electrons. The van der Waals surface area contributed by atoms with Crippen LogP contribution in [0, 0.1) is 17.3 Å². The van der Waals surface area contributed by atoms with Crippen LogP contribution in [-0.2, 0) is 14.4 Å². The number of nitrogens with one attached hydrogen (secondary N) is 3. The highest BCUT2D eigenvalue weighted by molar-refractivity contribution is 5.85. The summed E-state index contributed by atoms with van der Waals surface area (Å²) in [4.78, 5) is 37.2. The SMILES string of the molecule is O=C(NC1CC1)C(O)[C@H](C[C@@H]1CCNC1=O)NC(=O)[C@H]1CCCC2(CC2)C1. The van der Waals surface area contributed by atoms with Crippen LogP contribution < -0.4 is 16.0 Å². The second-order valence-electron chi connectivity index (χ2n) is 9.15. The molecule has 0 bridgehead atoms. The lowest BCUT2D eigenvalue weighted by molar-refractivity contribution is -0.135. The minimum Gasteiger partial charge on any atom is -0.381 e. The normalized spacial score (nSPS) is 31.1. The van der Waals surface area contributed by atoms with Gasteiger partial charge in [0.2, 0.25) is 11.8 Å². The molecule has 7 heteroatoms. The van der Waals surface area contributed by atoms with Crippen molar-refractivity contribution in [3.8, 4) is 0 Å². The summed E-state index contributed by atoms with van der Waals surface area (Å²) in [6, 6.07) is -0.575. The maximum absolute atomic E-state index is 12.9. The Hall–Kier alpha value is -1.63. The maximum atomic E-state index is 12.9. The van der Waals surface area contributed by atoms with Crippen LogP contribution in [0.1, 0.15) is 64.2 Å². The molecule has 3 amide bonds. The number of carbonyl (C=O) groups is 3. The van der Waals surface area contributed by atoms with Crippen LogP contribution in [0.2, 0.25) is 0 Å². The highest BCUT2D eigenvalue weighted by Crippen LogP contribution is 2.57. The summed E-state index contributed by atoms with van der Waals surface area (Å²) in [7, 11) is 0. The molecule has 4 N–H and O–H groups in total. The molecule has 1 aliphatic heterocycles. The lowest BCUT2D eigenvalue weighted by atomic mass is 9.78. The molecule has 7 nitrogen and oxygen atoms in total. The van der Waals surface area contributed by atoms with Gasteiger partial charge in [-0.15, -0.1) is 0 Å². The Balaban J connectivity index is 1.40. The van der Waals surface area contributed by atoms with Gasteiger partial charge < -0.3 is 21.1 Å². The summed E-state index contributed by atoms with van der Waals surface area (Å²) in [6.07, 6.45) is 8.03. The van der Waals surface area contributed by atoms with Gasteiger partial charge in [-0.05, 0) is 63.2 Å². The van der Waals surface area contributed by atoms with Gasteiger partial charge >= 0.3 is 0 Å². The molecule has 0 aromatic rings. The summed E-state index contributed by atoms with van der Waals surface area (Å²) in [5, 5.41) is 19.1. The van der Waals surface area contributed by atoms with Gasteiger partial charge in [-0.1, -0.05) is 6.42 Å². The molecule has 4 atom stereocenters. The van der Waals surface area contributed by atoms with E-state index in [-0.39, 0.29) is 29.7 Å². The first-order valence-corrected chi connectivity index (χ1v) is 10.5. The Kier molecular flexibility index (Phi) is 5.14. The second kappa shape index (κ2) is 7.41. The molecular formula is C20H31N3O4. The lowest BCUT2D eigenvalue weighted by Crippen LogP contribution is -2.53. The van der Waals surface area contributed by atoms with E-state index in [0.29, 0.717) is 24.8 Å². The first-order valence-electron chi connectivity index (χ1n) is 10.5. The van der Waals surface area contributed by atoms with Crippen LogP contribution in [0.3, 0.4) is 0 Å². The van der Waals surface area contributed by atoms with Crippen LogP contribution in [0.4, 0.5) is 0 Å². The van der Waals surface area contributed by atoms with Crippen molar-refractivity contribution < 1.29 is 19.5 Å². The Morgan fingerprint density at radius 2 is 1.96 bits per heavy atom. The van der Waals surface area contributed by atoms with Gasteiger partial charge in [0, 0.05) is 24.4 Å². The fraction of sp³-hybridized carbons (Fsp3) is 0.850. The molecule has 3 aliphatic carbocycles. The Morgan fingerprint density at radius 1 is 1.19 bits per heavy atom. The number of hydrogen-bond acceptors (Lipinski definition) is 4. The van der Waals surface area contributed by atoms with Crippen LogP contribution in [0.25, 0.3) is 0 Å². The lowest BCUT2D eigenvalue weighted by Gasteiger charge is -2.31. The monoisotopic (exact) mass is 377 g/mol. The summed E-state index contributed by atoms with van der Waals surface area (Å²) in [5.74, 6) is -0.871. The standard InChI is InChI=1S/C20H31N3O4/c24-16(19(27)22-14-3-4-14)15(10-12-5-9-21-17(12)25)23-18(26)13-2-1-6-20(11-13)7-8-20/h12-16,24H,1-11H2,(H,21,25)(H,22,27)(H,23,26)/t12-,13-,15-,16?/m0/s1. The molecule has 1 spiro atoms. The van der Waals surface area contributed by atoms with Gasteiger partial charge in [0.1, 0.15) is 0 Å². The molecule has 4 rings (SSSR count). The molecule has 1 saturated heterocycles. The third kappa shape index (κ3) is 4.45. The number of rotatable bonds is 7. The molecule has 150 valence electrons. The van der Waals surface area contributed by atoms with Crippen molar-refractivity contribution in [1.82, 2.24) is 16.0 Å². The Bertz CT molecular complexity index is 614. The summed E-state index contributed by atoms with van der Waals surface area (Å²) in [6.45, 7) is 0.611. The molecule has 1 unspecified atom stereocenters. The number of hydrogen-bond donors (Lipinski definition) is 4. The summed E-state index contributed by atoms with van der Waals surface area (Å²) in [5.41, 5.74) is 0.378. The zero-order valence-corrected chi connectivity index (χ0v) is 15.8. The van der Waals surface area contributed by atoms with Crippen LogP contribution in [0.15, 0.2) is 0 Å². The van der Waals surface area contributed by atoms with Crippen molar-refractivity contribution >= 4 is 17.7 Å². The highest BCUT2D eigenvalue weighted by Gasteiger charge is 2.47. The van der Waals surface area contributed by atoms with Crippen LogP contribution >= 0.6 is 0 Å². The number of aliphatic hydroxyl groups is 1. The molecule has 27 heavy (non-hydrogen) atoms. The average molecular weight is 377 g/mol. The zero-order chi connectivity index (χ0) is 19.0. The van der Waals surface area contributed by atoms with Crippen molar-refractivity contribution in [3.05, 3.63) is 0 Å². The molecule has 4 aliphatic rings. The van der Waals surface area contributed by atoms with Crippen molar-refractivity contribution in [3.63, 3.8) is 0 Å². The summed E-state index contributed by atoms with van der Waals surface area (Å²) >= 11 is 0. The van der Waals surface area contributed by atoms with E-state index in [0.717, 1.165) is 32.1 Å². The number of amides is 3. The molecule has 0 aromatic carbocycles. The minimum absolute atomic E-state index is 0.0418. The third-order valence-corrected chi connectivity index (χ3v) is 6.87. The number of aliphatic hydroxyl groups excluding tert-OH is 1. The number of carbonyl (C=O) groups excluding carboxylic acids is 3. The van der Waals surface area contributed by atoms with Gasteiger partial charge in [0.15, 0.2) is 6.10 Å². The Morgan fingerprint density at radius 3 is 2.59 bits per heavy atom. The van der Waals surface area contributed by atoms with E-state index < -0.39 is 18.1 Å². The molecule has 3 saturated carbocycles. The van der Waals surface area contributed by atoms with E-state index in [1.807, 2.05) is 0 Å². The smallest absolute Gasteiger partial charge is 0.251 e. The Labute approximate surface area is 160 Å². The van der Waals surface area contributed by atoms with E-state index >= 15 is 0 Å². The van der Waals surface area contributed by atoms with Crippen molar-refractivity contribution in [1.29, 1.82) is 0 Å². The fourth-order valence-corrected chi connectivity index (χ4v) is 4.75. The molecule has 1 heterocycles. The zero-order valence-electron chi connectivity index (χ0n) is 15.8. The van der Waals surface area contributed by atoms with Crippen molar-refractivity contribution in [2.45, 2.75) is 82.4 Å². The van der Waals surface area contributed by atoms with E-state index in [9.17, 15) is 19.5 Å². The first kappa shape index (κ1) is 18.7. The topological polar surface area (TPSA) is 108 Å². The van der Waals surface area contributed by atoms with Gasteiger partial charge in [-0.2, -0.15) is 0 Å². The van der Waals surface area contributed by atoms with Gasteiger partial charge in [0.05, 0.1) is 6.04 Å². The third-order valence-electron chi connectivity index (χ3n) is 6.87. The van der Waals surface area contributed by atoms with E-state index in [1.165, 1.54) is 19.3 Å². The quantitative estimate of drug-likeness (QED) is 0.521. The second-order valence-corrected chi connectivity index (χ2v) is 9.15. The fourth-order valence-electron chi connectivity index (χ4n) is 4.75. The largest absolute Gasteiger partial charge is 0.381 e. The van der Waals surface area contributed by atoms with Crippen molar-refractivity contribution in [2.75, 3.05) is 6.54 Å². The molecular weight excluding hydrogens is 346 g/mol. The highest BCUT2D eigenvalue weighted by atomic mass is 16.3. The predicted octanol–water partition coefficient (Wildman–Crippen LogP) is 0.607. The van der Waals surface area contributed by atoms with Gasteiger partial charge in [-0.3, -0.25) is 14.4 Å².